The maximum Gasteiger partial charge on any atom is 0.226 e. The van der Waals surface area contributed by atoms with Crippen molar-refractivity contribution in [1.29, 1.82) is 0 Å². The summed E-state index contributed by atoms with van der Waals surface area (Å²) in [6.45, 7) is 6.67. The zero-order chi connectivity index (χ0) is 16.4. The first kappa shape index (κ1) is 16.4. The number of rotatable bonds is 5. The van der Waals surface area contributed by atoms with Crippen molar-refractivity contribution in [3.63, 3.8) is 0 Å². The van der Waals surface area contributed by atoms with Crippen LogP contribution < -0.4 is 0 Å². The number of amides is 1. The van der Waals surface area contributed by atoms with E-state index in [2.05, 4.69) is 13.8 Å². The van der Waals surface area contributed by atoms with Crippen molar-refractivity contribution < 1.29 is 13.9 Å². The molecule has 0 bridgehead atoms. The van der Waals surface area contributed by atoms with Crippen molar-refractivity contribution in [3.8, 4) is 0 Å². The largest absolute Gasteiger partial charge is 0.378 e. The Kier molecular flexibility index (Phi) is 5.00. The van der Waals surface area contributed by atoms with Gasteiger partial charge in [0.05, 0.1) is 6.10 Å². The van der Waals surface area contributed by atoms with Crippen LogP contribution in [0.1, 0.15) is 44.6 Å². The molecule has 23 heavy (non-hydrogen) atoms. The van der Waals surface area contributed by atoms with Gasteiger partial charge in [-0.1, -0.05) is 26.0 Å². The van der Waals surface area contributed by atoms with Gasteiger partial charge in [0.15, 0.2) is 0 Å². The number of nitrogens with zero attached hydrogens (tertiary/aromatic N) is 1. The highest BCUT2D eigenvalue weighted by atomic mass is 19.1. The number of piperidine rings is 1. The van der Waals surface area contributed by atoms with E-state index in [1.165, 1.54) is 6.07 Å². The molecule has 2 fully saturated rings. The molecule has 3 nitrogen and oxygen atoms in total. The van der Waals surface area contributed by atoms with Gasteiger partial charge in [0, 0.05) is 25.6 Å². The number of likely N-dealkylation sites (tertiary alicyclic amines) is 1. The number of carbonyl (C=O) groups is 1. The molecule has 4 heteroatoms. The first-order chi connectivity index (χ1) is 11.0. The molecule has 1 amide bonds. The van der Waals surface area contributed by atoms with Crippen LogP contribution in [0.4, 0.5) is 4.39 Å². The maximum absolute atomic E-state index is 13.3. The van der Waals surface area contributed by atoms with E-state index in [1.807, 2.05) is 11.0 Å². The molecular formula is C19H26FNO2. The lowest BCUT2D eigenvalue weighted by atomic mass is 10.1. The summed E-state index contributed by atoms with van der Waals surface area (Å²) >= 11 is 0. The molecule has 2 aliphatic rings. The Morgan fingerprint density at radius 3 is 2.74 bits per heavy atom. The Hall–Kier alpha value is -1.42. The van der Waals surface area contributed by atoms with Gasteiger partial charge in [-0.15, -0.1) is 0 Å². The fourth-order valence-electron chi connectivity index (χ4n) is 3.38. The van der Waals surface area contributed by atoms with Crippen molar-refractivity contribution in [1.82, 2.24) is 4.90 Å². The first-order valence-electron chi connectivity index (χ1n) is 8.70. The van der Waals surface area contributed by atoms with Crippen molar-refractivity contribution in [2.45, 2.75) is 45.1 Å². The third kappa shape index (κ3) is 4.11. The molecule has 1 saturated carbocycles. The molecule has 1 heterocycles. The van der Waals surface area contributed by atoms with Crippen molar-refractivity contribution in [2.75, 3.05) is 19.7 Å². The molecule has 1 aliphatic carbocycles. The molecule has 2 atom stereocenters. The number of benzene rings is 1. The van der Waals surface area contributed by atoms with E-state index >= 15 is 0 Å². The Morgan fingerprint density at radius 1 is 1.35 bits per heavy atom. The molecule has 0 N–H and O–H groups in total. The highest BCUT2D eigenvalue weighted by Crippen LogP contribution is 2.48. The standard InChI is InChI=1S/C19H26FNO2/c1-13(2)12-23-16-6-8-21(9-7-16)19(22)18-11-17(18)14-4-3-5-15(20)10-14/h3-5,10,13,16-18H,6-9,11-12H2,1-2H3/t17-,18+/m1/s1. The van der Waals surface area contributed by atoms with Crippen LogP contribution in [0.2, 0.25) is 0 Å². The molecule has 1 saturated heterocycles. The minimum atomic E-state index is -0.219. The van der Waals surface area contributed by atoms with Crippen LogP contribution in [0.5, 0.6) is 0 Å². The quantitative estimate of drug-likeness (QED) is 0.830. The lowest BCUT2D eigenvalue weighted by Gasteiger charge is -2.32. The second-order valence-electron chi connectivity index (χ2n) is 7.26. The van der Waals surface area contributed by atoms with Gasteiger partial charge in [-0.3, -0.25) is 4.79 Å². The molecule has 0 unspecified atom stereocenters. The molecule has 1 aromatic carbocycles. The molecule has 0 radical (unpaired) electrons. The molecule has 0 aromatic heterocycles. The van der Waals surface area contributed by atoms with Gasteiger partial charge in [-0.05, 0) is 48.8 Å². The van der Waals surface area contributed by atoms with E-state index in [1.54, 1.807) is 12.1 Å². The number of halogens is 1. The predicted molar refractivity (Wildman–Crippen MR) is 87.6 cm³/mol. The van der Waals surface area contributed by atoms with E-state index in [0.29, 0.717) is 12.0 Å². The van der Waals surface area contributed by atoms with E-state index < -0.39 is 0 Å². The maximum atomic E-state index is 13.3. The van der Waals surface area contributed by atoms with Crippen LogP contribution in [0.25, 0.3) is 0 Å². The van der Waals surface area contributed by atoms with Gasteiger partial charge in [-0.25, -0.2) is 4.39 Å². The number of hydrogen-bond acceptors (Lipinski definition) is 2. The fourth-order valence-corrected chi connectivity index (χ4v) is 3.38. The summed E-state index contributed by atoms with van der Waals surface area (Å²) in [5.41, 5.74) is 0.957. The summed E-state index contributed by atoms with van der Waals surface area (Å²) in [6.07, 6.45) is 3.00. The molecule has 0 spiro atoms. The highest BCUT2D eigenvalue weighted by Gasteiger charge is 2.46. The predicted octanol–water partition coefficient (Wildman–Crippen LogP) is 3.59. The van der Waals surface area contributed by atoms with E-state index in [9.17, 15) is 9.18 Å². The van der Waals surface area contributed by atoms with Crippen LogP contribution in [0.3, 0.4) is 0 Å². The SMILES string of the molecule is CC(C)COC1CCN(C(=O)[C@H]2C[C@@H]2c2cccc(F)c2)CC1. The van der Waals surface area contributed by atoms with Gasteiger partial charge < -0.3 is 9.64 Å². The number of carbonyl (C=O) groups excluding carboxylic acids is 1. The van der Waals surface area contributed by atoms with Gasteiger partial charge in [0.25, 0.3) is 0 Å². The minimum Gasteiger partial charge on any atom is -0.378 e. The van der Waals surface area contributed by atoms with Crippen LogP contribution in [0, 0.1) is 17.7 Å². The zero-order valence-electron chi connectivity index (χ0n) is 14.0. The fraction of sp³-hybridized carbons (Fsp3) is 0.632. The molecule has 3 rings (SSSR count). The van der Waals surface area contributed by atoms with Crippen molar-refractivity contribution in [2.24, 2.45) is 11.8 Å². The number of hydrogen-bond donors (Lipinski definition) is 0. The molecular weight excluding hydrogens is 293 g/mol. The van der Waals surface area contributed by atoms with Crippen LogP contribution >= 0.6 is 0 Å². The monoisotopic (exact) mass is 319 g/mol. The van der Waals surface area contributed by atoms with Crippen molar-refractivity contribution >= 4 is 5.91 Å². The Balaban J connectivity index is 1.47. The normalized spacial score (nSPS) is 25.0. The van der Waals surface area contributed by atoms with E-state index in [0.717, 1.165) is 44.5 Å². The summed E-state index contributed by atoms with van der Waals surface area (Å²) in [6, 6.07) is 6.66. The van der Waals surface area contributed by atoms with E-state index in [4.69, 9.17) is 4.74 Å². The Labute approximate surface area is 137 Å². The van der Waals surface area contributed by atoms with Crippen LogP contribution in [-0.4, -0.2) is 36.6 Å². The minimum absolute atomic E-state index is 0.0462. The summed E-state index contributed by atoms with van der Waals surface area (Å²) in [4.78, 5) is 14.6. The number of ether oxygens (including phenoxy) is 1. The van der Waals surface area contributed by atoms with Crippen molar-refractivity contribution in [3.05, 3.63) is 35.6 Å². The smallest absolute Gasteiger partial charge is 0.226 e. The zero-order valence-corrected chi connectivity index (χ0v) is 14.0. The van der Waals surface area contributed by atoms with Crippen LogP contribution in [-0.2, 0) is 9.53 Å². The average molecular weight is 319 g/mol. The third-order valence-electron chi connectivity index (χ3n) is 4.80. The van der Waals surface area contributed by atoms with Gasteiger partial charge in [-0.2, -0.15) is 0 Å². The van der Waals surface area contributed by atoms with Gasteiger partial charge in [0.2, 0.25) is 5.91 Å². The molecule has 1 aromatic rings. The van der Waals surface area contributed by atoms with Gasteiger partial charge in [0.1, 0.15) is 5.82 Å². The van der Waals surface area contributed by atoms with E-state index in [-0.39, 0.29) is 23.6 Å². The summed E-state index contributed by atoms with van der Waals surface area (Å²) in [5, 5.41) is 0. The van der Waals surface area contributed by atoms with Gasteiger partial charge >= 0.3 is 0 Å². The first-order valence-corrected chi connectivity index (χ1v) is 8.70. The third-order valence-corrected chi connectivity index (χ3v) is 4.80. The Bertz CT molecular complexity index is 552. The molecule has 126 valence electrons. The molecule has 1 aliphatic heterocycles. The second kappa shape index (κ2) is 7.00. The summed E-state index contributed by atoms with van der Waals surface area (Å²) < 4.78 is 19.2. The second-order valence-corrected chi connectivity index (χ2v) is 7.26. The average Bonchev–Trinajstić information content (AvgIpc) is 3.33. The lowest BCUT2D eigenvalue weighted by molar-refractivity contribution is -0.135. The lowest BCUT2D eigenvalue weighted by Crippen LogP contribution is -2.42. The van der Waals surface area contributed by atoms with Crippen LogP contribution in [0.15, 0.2) is 24.3 Å². The Morgan fingerprint density at radius 2 is 2.09 bits per heavy atom. The summed E-state index contributed by atoms with van der Waals surface area (Å²) in [5.74, 6) is 0.816. The summed E-state index contributed by atoms with van der Waals surface area (Å²) in [7, 11) is 0. The highest BCUT2D eigenvalue weighted by molar-refractivity contribution is 5.83. The topological polar surface area (TPSA) is 29.5 Å².